The molecule has 1 unspecified atom stereocenters. The molecule has 0 aliphatic heterocycles. The van der Waals surface area contributed by atoms with Crippen molar-refractivity contribution in [2.75, 3.05) is 19.5 Å². The quantitative estimate of drug-likeness (QED) is 0.159. The van der Waals surface area contributed by atoms with Crippen LogP contribution in [0.15, 0.2) is 84.9 Å². The second-order valence-corrected chi connectivity index (χ2v) is 10.3. The maximum Gasteiger partial charge on any atom is 0.338 e. The smallest absolute Gasteiger partial charge is 0.338 e. The standard InChI is InChI=1S/C34H28ClN3O7/c1-4-29(32(39)36-22-10-15-26(35)25(18-22)33(40)41)45-34(42)21-9-16-27-28(17-21)38-31(20-7-13-24(44-3)14-8-20)30(37-27)19-5-11-23(43-2)12-6-19/h5-18,29H,4H2,1-3H3,(H,36,39)(H,40,41). The number of rotatable bonds is 10. The molecule has 10 nitrogen and oxygen atoms in total. The van der Waals surface area contributed by atoms with Gasteiger partial charge in [0, 0.05) is 16.8 Å². The molecule has 45 heavy (non-hydrogen) atoms. The number of amides is 1. The monoisotopic (exact) mass is 625 g/mol. The van der Waals surface area contributed by atoms with Gasteiger partial charge in [0.2, 0.25) is 0 Å². The van der Waals surface area contributed by atoms with Gasteiger partial charge in [-0.05, 0) is 91.3 Å². The molecule has 1 amide bonds. The molecule has 0 radical (unpaired) electrons. The molecule has 4 aromatic carbocycles. The summed E-state index contributed by atoms with van der Waals surface area (Å²) in [6.07, 6.45) is -0.965. The Bertz CT molecular complexity index is 1890. The molecule has 1 atom stereocenters. The molecule has 0 aliphatic carbocycles. The van der Waals surface area contributed by atoms with Gasteiger partial charge in [0.15, 0.2) is 6.10 Å². The molecular formula is C34H28ClN3O7. The number of ether oxygens (including phenoxy) is 3. The molecule has 5 rings (SSSR count). The van der Waals surface area contributed by atoms with E-state index in [4.69, 9.17) is 35.8 Å². The zero-order valence-electron chi connectivity index (χ0n) is 24.5. The van der Waals surface area contributed by atoms with Crippen LogP contribution in [0.1, 0.15) is 34.1 Å². The number of carboxylic acid groups (broad SMARTS) is 1. The van der Waals surface area contributed by atoms with E-state index in [2.05, 4.69) is 5.32 Å². The highest BCUT2D eigenvalue weighted by Crippen LogP contribution is 2.33. The van der Waals surface area contributed by atoms with E-state index < -0.39 is 23.9 Å². The van der Waals surface area contributed by atoms with Crippen LogP contribution in [0, 0.1) is 0 Å². The first-order valence-corrected chi connectivity index (χ1v) is 14.2. The van der Waals surface area contributed by atoms with Gasteiger partial charge in [0.25, 0.3) is 5.91 Å². The number of carbonyl (C=O) groups is 3. The zero-order valence-corrected chi connectivity index (χ0v) is 25.3. The van der Waals surface area contributed by atoms with E-state index in [1.165, 1.54) is 18.2 Å². The van der Waals surface area contributed by atoms with Crippen LogP contribution < -0.4 is 14.8 Å². The number of aromatic nitrogens is 2. The number of halogens is 1. The van der Waals surface area contributed by atoms with Crippen LogP contribution in [0.25, 0.3) is 33.5 Å². The fraction of sp³-hybridized carbons (Fsp3) is 0.147. The Morgan fingerprint density at radius 1 is 0.800 bits per heavy atom. The molecular weight excluding hydrogens is 598 g/mol. The number of carboxylic acids is 1. The predicted octanol–water partition coefficient (Wildman–Crippen LogP) is 6.91. The summed E-state index contributed by atoms with van der Waals surface area (Å²) in [6, 6.07) is 23.8. The minimum Gasteiger partial charge on any atom is -0.497 e. The number of hydrogen-bond donors (Lipinski definition) is 2. The lowest BCUT2D eigenvalue weighted by Crippen LogP contribution is -2.32. The number of esters is 1. The SMILES string of the molecule is CCC(OC(=O)c1ccc2nc(-c3ccc(OC)cc3)c(-c3ccc(OC)cc3)nc2c1)C(=O)Nc1ccc(Cl)c(C(=O)O)c1. The van der Waals surface area contributed by atoms with Gasteiger partial charge in [-0.15, -0.1) is 0 Å². The van der Waals surface area contributed by atoms with Crippen LogP contribution in [-0.2, 0) is 9.53 Å². The molecule has 0 spiro atoms. The van der Waals surface area contributed by atoms with Crippen molar-refractivity contribution in [3.8, 4) is 34.0 Å². The lowest BCUT2D eigenvalue weighted by molar-refractivity contribution is -0.124. The molecule has 228 valence electrons. The van der Waals surface area contributed by atoms with Crippen molar-refractivity contribution in [2.45, 2.75) is 19.4 Å². The van der Waals surface area contributed by atoms with E-state index >= 15 is 0 Å². The Morgan fingerprint density at radius 2 is 1.38 bits per heavy atom. The van der Waals surface area contributed by atoms with Crippen LogP contribution in [0.3, 0.4) is 0 Å². The number of aromatic carboxylic acids is 1. The fourth-order valence-electron chi connectivity index (χ4n) is 4.59. The van der Waals surface area contributed by atoms with Gasteiger partial charge in [0.05, 0.1) is 52.8 Å². The van der Waals surface area contributed by atoms with Crippen molar-refractivity contribution in [2.24, 2.45) is 0 Å². The number of nitrogens with zero attached hydrogens (tertiary/aromatic N) is 2. The number of carbonyl (C=O) groups excluding carboxylic acids is 2. The van der Waals surface area contributed by atoms with E-state index in [0.717, 1.165) is 11.1 Å². The lowest BCUT2D eigenvalue weighted by atomic mass is 10.0. The second-order valence-electron chi connectivity index (χ2n) is 9.87. The number of methoxy groups -OCH3 is 2. The van der Waals surface area contributed by atoms with Crippen LogP contribution in [0.4, 0.5) is 5.69 Å². The van der Waals surface area contributed by atoms with Crippen molar-refractivity contribution in [1.29, 1.82) is 0 Å². The number of anilines is 1. The molecule has 0 saturated heterocycles. The maximum absolute atomic E-state index is 13.2. The summed E-state index contributed by atoms with van der Waals surface area (Å²) in [7, 11) is 3.19. The summed E-state index contributed by atoms with van der Waals surface area (Å²) in [5, 5.41) is 11.9. The molecule has 0 aliphatic rings. The lowest BCUT2D eigenvalue weighted by Gasteiger charge is -2.17. The third-order valence-corrected chi connectivity index (χ3v) is 7.33. The van der Waals surface area contributed by atoms with Crippen molar-refractivity contribution in [3.63, 3.8) is 0 Å². The van der Waals surface area contributed by atoms with Crippen molar-refractivity contribution < 1.29 is 33.7 Å². The molecule has 1 heterocycles. The van der Waals surface area contributed by atoms with E-state index in [1.54, 1.807) is 39.3 Å². The predicted molar refractivity (Wildman–Crippen MR) is 170 cm³/mol. The van der Waals surface area contributed by atoms with Gasteiger partial charge >= 0.3 is 11.9 Å². The van der Waals surface area contributed by atoms with Gasteiger partial charge in [-0.2, -0.15) is 0 Å². The van der Waals surface area contributed by atoms with Crippen molar-refractivity contribution in [3.05, 3.63) is 101 Å². The van der Waals surface area contributed by atoms with Gasteiger partial charge in [-0.25, -0.2) is 19.6 Å². The normalized spacial score (nSPS) is 11.5. The molecule has 11 heteroatoms. The Morgan fingerprint density at radius 3 is 1.91 bits per heavy atom. The van der Waals surface area contributed by atoms with E-state index in [0.29, 0.717) is 33.9 Å². The Hall–Kier alpha value is -5.48. The first kappa shape index (κ1) is 31.0. The maximum atomic E-state index is 13.2. The highest BCUT2D eigenvalue weighted by atomic mass is 35.5. The van der Waals surface area contributed by atoms with Crippen LogP contribution >= 0.6 is 11.6 Å². The summed E-state index contributed by atoms with van der Waals surface area (Å²) in [5.74, 6) is -1.18. The van der Waals surface area contributed by atoms with Crippen molar-refractivity contribution >= 4 is 46.2 Å². The number of hydrogen-bond acceptors (Lipinski definition) is 8. The summed E-state index contributed by atoms with van der Waals surface area (Å²) < 4.78 is 16.2. The van der Waals surface area contributed by atoms with Crippen LogP contribution in [0.5, 0.6) is 11.5 Å². The molecule has 5 aromatic rings. The number of nitrogens with one attached hydrogen (secondary N) is 1. The summed E-state index contributed by atoms with van der Waals surface area (Å²) >= 11 is 5.92. The van der Waals surface area contributed by atoms with E-state index in [1.807, 2.05) is 48.5 Å². The summed E-state index contributed by atoms with van der Waals surface area (Å²) in [5.41, 5.74) is 4.07. The summed E-state index contributed by atoms with van der Waals surface area (Å²) in [4.78, 5) is 47.3. The summed E-state index contributed by atoms with van der Waals surface area (Å²) in [6.45, 7) is 1.69. The fourth-order valence-corrected chi connectivity index (χ4v) is 4.79. The average molecular weight is 626 g/mol. The minimum absolute atomic E-state index is 0.0321. The number of benzene rings is 4. The first-order valence-electron chi connectivity index (χ1n) is 13.9. The molecule has 0 bridgehead atoms. The van der Waals surface area contributed by atoms with Crippen molar-refractivity contribution in [1.82, 2.24) is 9.97 Å². The number of fused-ring (bicyclic) bond motifs is 1. The Kier molecular flexibility index (Phi) is 9.25. The Balaban J connectivity index is 1.44. The highest BCUT2D eigenvalue weighted by Gasteiger charge is 2.24. The van der Waals surface area contributed by atoms with Gasteiger partial charge in [0.1, 0.15) is 11.5 Å². The van der Waals surface area contributed by atoms with Gasteiger partial charge in [-0.3, -0.25) is 4.79 Å². The molecule has 0 fully saturated rings. The van der Waals surface area contributed by atoms with E-state index in [-0.39, 0.29) is 28.3 Å². The average Bonchev–Trinajstić information content (AvgIpc) is 3.07. The largest absolute Gasteiger partial charge is 0.497 e. The third kappa shape index (κ3) is 6.86. The molecule has 0 saturated carbocycles. The zero-order chi connectivity index (χ0) is 32.1. The first-order chi connectivity index (χ1) is 21.7. The molecule has 2 N–H and O–H groups in total. The second kappa shape index (κ2) is 13.4. The third-order valence-electron chi connectivity index (χ3n) is 7.00. The van der Waals surface area contributed by atoms with Gasteiger partial charge in [-0.1, -0.05) is 18.5 Å². The van der Waals surface area contributed by atoms with Crippen LogP contribution in [0.2, 0.25) is 5.02 Å². The minimum atomic E-state index is -1.24. The van der Waals surface area contributed by atoms with Gasteiger partial charge < -0.3 is 24.6 Å². The highest BCUT2D eigenvalue weighted by molar-refractivity contribution is 6.33. The van der Waals surface area contributed by atoms with Crippen LogP contribution in [-0.4, -0.2) is 53.2 Å². The van der Waals surface area contributed by atoms with E-state index in [9.17, 15) is 19.5 Å². The topological polar surface area (TPSA) is 137 Å². The molecule has 1 aromatic heterocycles. The Labute approximate surface area is 263 Å².